The summed E-state index contributed by atoms with van der Waals surface area (Å²) in [5, 5.41) is 4.78. The first-order chi connectivity index (χ1) is 9.88. The van der Waals surface area contributed by atoms with Crippen molar-refractivity contribution >= 4 is 10.9 Å². The zero-order chi connectivity index (χ0) is 15.5. The van der Waals surface area contributed by atoms with Crippen molar-refractivity contribution < 1.29 is 0 Å². The highest BCUT2D eigenvalue weighted by Gasteiger charge is 2.20. The van der Waals surface area contributed by atoms with E-state index in [1.54, 1.807) is 0 Å². The summed E-state index contributed by atoms with van der Waals surface area (Å²) in [5.41, 5.74) is 3.75. The number of rotatable bonds is 6. The smallest absolute Gasteiger partial charge is 0.0705 e. The van der Waals surface area contributed by atoms with Crippen LogP contribution >= 0.6 is 0 Å². The monoisotopic (exact) mass is 284 g/mol. The van der Waals surface area contributed by atoms with Crippen LogP contribution in [0.3, 0.4) is 0 Å². The van der Waals surface area contributed by atoms with E-state index < -0.39 is 0 Å². The normalized spacial score (nSPS) is 12.3. The van der Waals surface area contributed by atoms with Crippen molar-refractivity contribution in [3.05, 3.63) is 41.6 Å². The quantitative estimate of drug-likeness (QED) is 0.792. The molecule has 0 radical (unpaired) electrons. The molecule has 0 spiro atoms. The van der Waals surface area contributed by atoms with Crippen molar-refractivity contribution in [1.29, 1.82) is 0 Å². The number of nitrogens with zero attached hydrogens (tertiary/aromatic N) is 1. The average Bonchev–Trinajstić information content (AvgIpc) is 2.43. The SMILES string of the molecule is Cc1ccc2cc(C(C)(C)CCNCC(C)C)ccc2n1. The van der Waals surface area contributed by atoms with Gasteiger partial charge < -0.3 is 5.32 Å². The Hall–Kier alpha value is -1.41. The summed E-state index contributed by atoms with van der Waals surface area (Å²) in [4.78, 5) is 4.58. The van der Waals surface area contributed by atoms with Crippen LogP contribution in [0.25, 0.3) is 10.9 Å². The Morgan fingerprint density at radius 2 is 1.90 bits per heavy atom. The summed E-state index contributed by atoms with van der Waals surface area (Å²) < 4.78 is 0. The summed E-state index contributed by atoms with van der Waals surface area (Å²) in [6, 6.07) is 10.9. The number of nitrogens with one attached hydrogen (secondary N) is 1. The molecule has 0 saturated heterocycles. The zero-order valence-electron chi connectivity index (χ0n) is 14.0. The number of hydrogen-bond acceptors (Lipinski definition) is 2. The molecule has 1 aromatic heterocycles. The van der Waals surface area contributed by atoms with Gasteiger partial charge in [-0.3, -0.25) is 4.98 Å². The van der Waals surface area contributed by atoms with E-state index >= 15 is 0 Å². The van der Waals surface area contributed by atoms with E-state index in [1.165, 1.54) is 10.9 Å². The molecule has 2 aromatic rings. The Labute approximate surface area is 129 Å². The fourth-order valence-electron chi connectivity index (χ4n) is 2.58. The van der Waals surface area contributed by atoms with Gasteiger partial charge >= 0.3 is 0 Å². The van der Waals surface area contributed by atoms with Crippen LogP contribution < -0.4 is 5.32 Å². The van der Waals surface area contributed by atoms with Gasteiger partial charge in [-0.15, -0.1) is 0 Å². The van der Waals surface area contributed by atoms with E-state index in [9.17, 15) is 0 Å². The van der Waals surface area contributed by atoms with Gasteiger partial charge in [0.25, 0.3) is 0 Å². The molecule has 0 fully saturated rings. The van der Waals surface area contributed by atoms with Crippen LogP contribution in [0.1, 0.15) is 45.4 Å². The first kappa shape index (κ1) is 16.0. The minimum Gasteiger partial charge on any atom is -0.316 e. The molecule has 0 aliphatic carbocycles. The van der Waals surface area contributed by atoms with Gasteiger partial charge in [0.15, 0.2) is 0 Å². The van der Waals surface area contributed by atoms with Crippen LogP contribution in [0, 0.1) is 12.8 Å². The highest BCUT2D eigenvalue weighted by atomic mass is 14.9. The molecule has 0 bridgehead atoms. The Kier molecular flexibility index (Phi) is 5.00. The zero-order valence-corrected chi connectivity index (χ0v) is 14.0. The van der Waals surface area contributed by atoms with Crippen LogP contribution in [0.2, 0.25) is 0 Å². The molecule has 0 aliphatic rings. The van der Waals surface area contributed by atoms with Crippen molar-refractivity contribution in [3.8, 4) is 0 Å². The highest BCUT2D eigenvalue weighted by molar-refractivity contribution is 5.79. The number of aromatic nitrogens is 1. The van der Waals surface area contributed by atoms with E-state index in [2.05, 4.69) is 68.3 Å². The van der Waals surface area contributed by atoms with Crippen molar-refractivity contribution in [2.45, 2.75) is 46.5 Å². The number of benzene rings is 1. The van der Waals surface area contributed by atoms with Gasteiger partial charge in [-0.25, -0.2) is 0 Å². The fraction of sp³-hybridized carbons (Fsp3) is 0.526. The molecule has 0 aliphatic heterocycles. The van der Waals surface area contributed by atoms with Crippen LogP contribution in [0.15, 0.2) is 30.3 Å². The third kappa shape index (κ3) is 4.28. The lowest BCUT2D eigenvalue weighted by Crippen LogP contribution is -2.27. The second-order valence-electron chi connectivity index (χ2n) is 7.09. The number of aryl methyl sites for hydroxylation is 1. The molecule has 0 unspecified atom stereocenters. The molecular weight excluding hydrogens is 256 g/mol. The van der Waals surface area contributed by atoms with Gasteiger partial charge in [0.1, 0.15) is 0 Å². The first-order valence-electron chi connectivity index (χ1n) is 7.97. The predicted molar refractivity (Wildman–Crippen MR) is 91.8 cm³/mol. The van der Waals surface area contributed by atoms with Crippen molar-refractivity contribution in [3.63, 3.8) is 0 Å². The second kappa shape index (κ2) is 6.57. The summed E-state index contributed by atoms with van der Waals surface area (Å²) in [6.45, 7) is 13.3. The van der Waals surface area contributed by atoms with Crippen LogP contribution in [0.4, 0.5) is 0 Å². The number of fused-ring (bicyclic) bond motifs is 1. The maximum Gasteiger partial charge on any atom is 0.0705 e. The van der Waals surface area contributed by atoms with E-state index in [1.807, 2.05) is 6.92 Å². The average molecular weight is 284 g/mol. The summed E-state index contributed by atoms with van der Waals surface area (Å²) in [7, 11) is 0. The summed E-state index contributed by atoms with van der Waals surface area (Å²) in [5.74, 6) is 0.711. The van der Waals surface area contributed by atoms with Gasteiger partial charge in [0.05, 0.1) is 5.52 Å². The van der Waals surface area contributed by atoms with Crippen LogP contribution in [-0.4, -0.2) is 18.1 Å². The maximum absolute atomic E-state index is 4.58. The van der Waals surface area contributed by atoms with Crippen LogP contribution in [0.5, 0.6) is 0 Å². The lowest BCUT2D eigenvalue weighted by molar-refractivity contribution is 0.442. The first-order valence-corrected chi connectivity index (χ1v) is 7.97. The lowest BCUT2D eigenvalue weighted by atomic mass is 9.81. The standard InChI is InChI=1S/C19H28N2/c1-14(2)13-20-11-10-19(4,5)17-8-9-18-16(12-17)7-6-15(3)21-18/h6-9,12,14,20H,10-11,13H2,1-5H3. The fourth-order valence-corrected chi connectivity index (χ4v) is 2.58. The van der Waals surface area contributed by atoms with Gasteiger partial charge in [0, 0.05) is 11.1 Å². The molecule has 0 amide bonds. The lowest BCUT2D eigenvalue weighted by Gasteiger charge is -2.26. The number of pyridine rings is 1. The predicted octanol–water partition coefficient (Wildman–Crippen LogP) is 4.46. The van der Waals surface area contributed by atoms with E-state index in [4.69, 9.17) is 0 Å². The molecule has 1 heterocycles. The molecule has 1 N–H and O–H groups in total. The number of hydrogen-bond donors (Lipinski definition) is 1. The van der Waals surface area contributed by atoms with Gasteiger partial charge in [-0.2, -0.15) is 0 Å². The maximum atomic E-state index is 4.58. The Balaban J connectivity index is 2.10. The highest BCUT2D eigenvalue weighted by Crippen LogP contribution is 2.29. The molecule has 2 nitrogen and oxygen atoms in total. The molecule has 2 rings (SSSR count). The molecule has 1 aromatic carbocycles. The largest absolute Gasteiger partial charge is 0.316 e. The Morgan fingerprint density at radius 1 is 1.14 bits per heavy atom. The molecule has 0 saturated carbocycles. The third-order valence-electron chi connectivity index (χ3n) is 4.09. The van der Waals surface area contributed by atoms with Gasteiger partial charge in [0.2, 0.25) is 0 Å². The third-order valence-corrected chi connectivity index (χ3v) is 4.09. The molecular formula is C19H28N2. The summed E-state index contributed by atoms with van der Waals surface area (Å²) in [6.07, 6.45) is 1.14. The molecule has 21 heavy (non-hydrogen) atoms. The Morgan fingerprint density at radius 3 is 2.62 bits per heavy atom. The van der Waals surface area contributed by atoms with Gasteiger partial charge in [-0.1, -0.05) is 39.8 Å². The van der Waals surface area contributed by atoms with E-state index in [-0.39, 0.29) is 5.41 Å². The van der Waals surface area contributed by atoms with Crippen molar-refractivity contribution in [2.75, 3.05) is 13.1 Å². The second-order valence-corrected chi connectivity index (χ2v) is 7.09. The molecule has 0 atom stereocenters. The van der Waals surface area contributed by atoms with E-state index in [0.29, 0.717) is 5.92 Å². The van der Waals surface area contributed by atoms with Gasteiger partial charge in [-0.05, 0) is 61.5 Å². The molecule has 114 valence electrons. The Bertz CT molecular complexity index is 600. The van der Waals surface area contributed by atoms with Crippen molar-refractivity contribution in [2.24, 2.45) is 5.92 Å². The van der Waals surface area contributed by atoms with Crippen LogP contribution in [-0.2, 0) is 5.41 Å². The minimum absolute atomic E-state index is 0.184. The summed E-state index contributed by atoms with van der Waals surface area (Å²) >= 11 is 0. The topological polar surface area (TPSA) is 24.9 Å². The van der Waals surface area contributed by atoms with E-state index in [0.717, 1.165) is 30.7 Å². The van der Waals surface area contributed by atoms with Crippen molar-refractivity contribution in [1.82, 2.24) is 10.3 Å². The minimum atomic E-state index is 0.184. The molecule has 2 heteroatoms.